The van der Waals surface area contributed by atoms with Gasteiger partial charge in [0.15, 0.2) is 6.10 Å². The zero-order valence-corrected chi connectivity index (χ0v) is 42.9. The molecule has 376 valence electrons. The van der Waals surface area contributed by atoms with E-state index in [1.807, 2.05) is 0 Å². The number of carbonyl (C=O) groups excluding carboxylic acids is 3. The molecule has 0 aliphatic carbocycles. The van der Waals surface area contributed by atoms with E-state index < -0.39 is 6.10 Å². The van der Waals surface area contributed by atoms with Crippen LogP contribution in [0.3, 0.4) is 0 Å². The van der Waals surface area contributed by atoms with Crippen molar-refractivity contribution in [3.8, 4) is 0 Å². The summed E-state index contributed by atoms with van der Waals surface area (Å²) in [6.07, 6.45) is 71.3. The molecule has 0 aromatic heterocycles. The molecule has 6 nitrogen and oxygen atoms in total. The largest absolute Gasteiger partial charge is 0.462 e. The molecule has 0 heterocycles. The van der Waals surface area contributed by atoms with Crippen LogP contribution in [0, 0.1) is 0 Å². The van der Waals surface area contributed by atoms with Crippen molar-refractivity contribution >= 4 is 17.9 Å². The van der Waals surface area contributed by atoms with Crippen LogP contribution >= 0.6 is 0 Å². The van der Waals surface area contributed by atoms with E-state index in [1.54, 1.807) is 0 Å². The van der Waals surface area contributed by atoms with Gasteiger partial charge >= 0.3 is 17.9 Å². The minimum atomic E-state index is -0.782. The Kier molecular flexibility index (Phi) is 50.9. The van der Waals surface area contributed by atoms with Gasteiger partial charge < -0.3 is 14.2 Å². The Hall–Kier alpha value is -3.67. The lowest BCUT2D eigenvalue weighted by molar-refractivity contribution is -0.167. The monoisotopic (exact) mass is 917 g/mol. The average Bonchev–Trinajstić information content (AvgIpc) is 3.31. The van der Waals surface area contributed by atoms with Crippen LogP contribution in [0.2, 0.25) is 0 Å². The van der Waals surface area contributed by atoms with Gasteiger partial charge in [-0.05, 0) is 96.3 Å². The van der Waals surface area contributed by atoms with Gasteiger partial charge in [0, 0.05) is 19.3 Å². The van der Waals surface area contributed by atoms with E-state index in [4.69, 9.17) is 14.2 Å². The molecule has 0 saturated heterocycles. The molecular weight excluding hydrogens is 817 g/mol. The summed E-state index contributed by atoms with van der Waals surface area (Å²) in [6.45, 7) is 6.43. The van der Waals surface area contributed by atoms with E-state index in [0.717, 1.165) is 122 Å². The second kappa shape index (κ2) is 53.9. The second-order valence-electron chi connectivity index (χ2n) is 17.8. The molecule has 0 spiro atoms. The topological polar surface area (TPSA) is 78.9 Å². The van der Waals surface area contributed by atoms with Crippen molar-refractivity contribution in [2.75, 3.05) is 13.2 Å². The second-order valence-corrected chi connectivity index (χ2v) is 17.8. The maximum Gasteiger partial charge on any atom is 0.306 e. The molecular formula is C60H100O6. The zero-order valence-electron chi connectivity index (χ0n) is 42.9. The molecule has 0 aliphatic heterocycles. The predicted octanol–water partition coefficient (Wildman–Crippen LogP) is 18.1. The van der Waals surface area contributed by atoms with Crippen LogP contribution in [-0.4, -0.2) is 37.2 Å². The molecule has 0 saturated carbocycles. The Bertz CT molecular complexity index is 1330. The summed E-state index contributed by atoms with van der Waals surface area (Å²) in [4.78, 5) is 37.8. The van der Waals surface area contributed by atoms with Gasteiger partial charge in [-0.1, -0.05) is 227 Å². The van der Waals surface area contributed by atoms with Gasteiger partial charge in [0.25, 0.3) is 0 Å². The van der Waals surface area contributed by atoms with Crippen molar-refractivity contribution in [2.45, 2.75) is 252 Å². The van der Waals surface area contributed by atoms with Gasteiger partial charge in [-0.25, -0.2) is 0 Å². The zero-order chi connectivity index (χ0) is 47.9. The number of rotatable bonds is 48. The van der Waals surface area contributed by atoms with Gasteiger partial charge in [0.05, 0.1) is 0 Å². The Morgan fingerprint density at radius 3 is 0.985 bits per heavy atom. The van der Waals surface area contributed by atoms with Crippen LogP contribution in [-0.2, 0) is 28.6 Å². The molecule has 1 atom stereocenters. The summed E-state index contributed by atoms with van der Waals surface area (Å²) in [5, 5.41) is 0. The van der Waals surface area contributed by atoms with Gasteiger partial charge in [-0.15, -0.1) is 0 Å². The van der Waals surface area contributed by atoms with Gasteiger partial charge in [-0.2, -0.15) is 0 Å². The van der Waals surface area contributed by atoms with E-state index in [2.05, 4.69) is 118 Å². The molecule has 0 aliphatic rings. The summed E-state index contributed by atoms with van der Waals surface area (Å²) >= 11 is 0. The van der Waals surface area contributed by atoms with E-state index in [0.29, 0.717) is 19.3 Å². The van der Waals surface area contributed by atoms with Crippen LogP contribution in [0.5, 0.6) is 0 Å². The first kappa shape index (κ1) is 62.3. The summed E-state index contributed by atoms with van der Waals surface area (Å²) in [6, 6.07) is 0. The fourth-order valence-corrected chi connectivity index (χ4v) is 7.23. The van der Waals surface area contributed by atoms with Crippen molar-refractivity contribution in [1.29, 1.82) is 0 Å². The number of esters is 3. The molecule has 0 bridgehead atoms. The van der Waals surface area contributed by atoms with E-state index >= 15 is 0 Å². The lowest BCUT2D eigenvalue weighted by Gasteiger charge is -2.18. The van der Waals surface area contributed by atoms with Crippen LogP contribution in [0.25, 0.3) is 0 Å². The van der Waals surface area contributed by atoms with Crippen LogP contribution in [0.4, 0.5) is 0 Å². The maximum atomic E-state index is 12.7. The number of ether oxygens (including phenoxy) is 3. The summed E-state index contributed by atoms with van der Waals surface area (Å²) < 4.78 is 16.7. The smallest absolute Gasteiger partial charge is 0.306 e. The van der Waals surface area contributed by atoms with Crippen molar-refractivity contribution in [2.24, 2.45) is 0 Å². The van der Waals surface area contributed by atoms with Crippen molar-refractivity contribution in [3.05, 3.63) is 97.2 Å². The first-order valence-electron chi connectivity index (χ1n) is 27.2. The summed E-state index contributed by atoms with van der Waals surface area (Å²) in [7, 11) is 0. The SMILES string of the molecule is CC/C=C\C/C=C\C/C=C\C/C=C\C/C=C\C/C=C\C/C=C\CCCCCCCCCC(=O)OCC(COC(=O)CCCCCCCCCC)OC(=O)CCCCCCC/C=C\CCCC. The quantitative estimate of drug-likeness (QED) is 0.0262. The highest BCUT2D eigenvalue weighted by atomic mass is 16.6. The minimum Gasteiger partial charge on any atom is -0.462 e. The predicted molar refractivity (Wildman–Crippen MR) is 284 cm³/mol. The summed E-state index contributed by atoms with van der Waals surface area (Å²) in [5.74, 6) is -0.912. The Balaban J connectivity index is 4.18. The number of hydrogen-bond donors (Lipinski definition) is 0. The molecule has 0 rings (SSSR count). The fraction of sp³-hybridized carbons (Fsp3) is 0.683. The molecule has 0 aromatic rings. The van der Waals surface area contributed by atoms with Crippen LogP contribution < -0.4 is 0 Å². The maximum absolute atomic E-state index is 12.7. The number of unbranched alkanes of at least 4 members (excludes halogenated alkanes) is 21. The van der Waals surface area contributed by atoms with Crippen LogP contribution in [0.1, 0.15) is 245 Å². The molecule has 0 radical (unpaired) electrons. The Morgan fingerprint density at radius 2 is 0.606 bits per heavy atom. The molecule has 6 heteroatoms. The average molecular weight is 917 g/mol. The van der Waals surface area contributed by atoms with Gasteiger partial charge in [-0.3, -0.25) is 14.4 Å². The highest BCUT2D eigenvalue weighted by Crippen LogP contribution is 2.14. The first-order chi connectivity index (χ1) is 32.5. The van der Waals surface area contributed by atoms with Gasteiger partial charge in [0.1, 0.15) is 13.2 Å². The fourth-order valence-electron chi connectivity index (χ4n) is 7.23. The lowest BCUT2D eigenvalue weighted by atomic mass is 10.1. The Morgan fingerprint density at radius 1 is 0.318 bits per heavy atom. The van der Waals surface area contributed by atoms with Gasteiger partial charge in [0.2, 0.25) is 0 Å². The highest BCUT2D eigenvalue weighted by Gasteiger charge is 2.19. The molecule has 0 N–H and O–H groups in total. The number of carbonyl (C=O) groups is 3. The number of hydrogen-bond acceptors (Lipinski definition) is 6. The molecule has 1 unspecified atom stereocenters. The van der Waals surface area contributed by atoms with E-state index in [9.17, 15) is 14.4 Å². The molecule has 0 aromatic carbocycles. The standard InChI is InChI=1S/C60H100O6/c1-4-7-10-13-16-19-21-22-23-24-25-26-27-28-29-30-31-32-33-34-35-36-37-38-40-41-44-47-50-53-59(62)65-56-57(55-64-58(61)52-49-46-43-18-15-12-9-6-3)66-60(63)54-51-48-45-42-39-20-17-14-11-8-5-2/h7,10,14,16-17,19,22-23,25-26,28-29,31-32,34-35,57H,4-6,8-9,11-13,15,18,20-21,24,27,30,33,36-56H2,1-3H3/b10-7-,17-14-,19-16-,23-22-,26-25-,29-28-,32-31-,35-34-. The minimum absolute atomic E-state index is 0.0834. The molecule has 66 heavy (non-hydrogen) atoms. The molecule has 0 amide bonds. The van der Waals surface area contributed by atoms with Crippen molar-refractivity contribution in [3.63, 3.8) is 0 Å². The van der Waals surface area contributed by atoms with Crippen LogP contribution in [0.15, 0.2) is 97.2 Å². The third-order valence-corrected chi connectivity index (χ3v) is 11.3. The van der Waals surface area contributed by atoms with Crippen molar-refractivity contribution < 1.29 is 28.6 Å². The van der Waals surface area contributed by atoms with E-state index in [1.165, 1.54) is 83.5 Å². The van der Waals surface area contributed by atoms with Crippen molar-refractivity contribution in [1.82, 2.24) is 0 Å². The third kappa shape index (κ3) is 51.3. The lowest BCUT2D eigenvalue weighted by Crippen LogP contribution is -2.30. The first-order valence-corrected chi connectivity index (χ1v) is 27.2. The Labute approximate surface area is 407 Å². The molecule has 0 fully saturated rings. The highest BCUT2D eigenvalue weighted by molar-refractivity contribution is 5.71. The summed E-state index contributed by atoms with van der Waals surface area (Å²) in [5.41, 5.74) is 0. The van der Waals surface area contributed by atoms with E-state index in [-0.39, 0.29) is 31.1 Å². The number of allylic oxidation sites excluding steroid dienone is 16. The third-order valence-electron chi connectivity index (χ3n) is 11.3. The normalized spacial score (nSPS) is 12.8.